The van der Waals surface area contributed by atoms with E-state index >= 15 is 0 Å². The number of aromatic amines is 1. The number of aryl methyl sites for hydroxylation is 2. The van der Waals surface area contributed by atoms with E-state index in [2.05, 4.69) is 35.0 Å². The van der Waals surface area contributed by atoms with Crippen molar-refractivity contribution >= 4 is 16.8 Å². The van der Waals surface area contributed by atoms with Crippen LogP contribution in [0.2, 0.25) is 0 Å². The smallest absolute Gasteiger partial charge is 0.226 e. The van der Waals surface area contributed by atoms with Gasteiger partial charge in [0.25, 0.3) is 0 Å². The molecule has 0 aliphatic rings. The predicted octanol–water partition coefficient (Wildman–Crippen LogP) is 2.35. The molecule has 114 valence electrons. The number of fused-ring (bicyclic) bond motifs is 1. The van der Waals surface area contributed by atoms with Gasteiger partial charge in [0, 0.05) is 36.7 Å². The van der Waals surface area contributed by atoms with Crippen LogP contribution in [0, 0.1) is 13.8 Å². The van der Waals surface area contributed by atoms with Crippen LogP contribution in [-0.2, 0) is 11.2 Å². The van der Waals surface area contributed by atoms with Gasteiger partial charge in [-0.05, 0) is 45.6 Å². The van der Waals surface area contributed by atoms with Crippen molar-refractivity contribution in [2.75, 3.05) is 34.2 Å². The number of amides is 1. The highest BCUT2D eigenvalue weighted by atomic mass is 16.2. The van der Waals surface area contributed by atoms with Crippen LogP contribution in [0.4, 0.5) is 0 Å². The van der Waals surface area contributed by atoms with Crippen LogP contribution >= 0.6 is 0 Å². The highest BCUT2D eigenvalue weighted by molar-refractivity contribution is 5.90. The van der Waals surface area contributed by atoms with E-state index in [1.807, 2.05) is 33.0 Å². The third-order valence-electron chi connectivity index (χ3n) is 3.91. The van der Waals surface area contributed by atoms with Gasteiger partial charge in [-0.1, -0.05) is 11.6 Å². The summed E-state index contributed by atoms with van der Waals surface area (Å²) in [4.78, 5) is 19.7. The molecule has 1 aromatic carbocycles. The molecule has 1 heterocycles. The maximum atomic E-state index is 12.4. The van der Waals surface area contributed by atoms with E-state index in [9.17, 15) is 4.79 Å². The van der Waals surface area contributed by atoms with E-state index in [1.54, 1.807) is 0 Å². The zero-order valence-corrected chi connectivity index (χ0v) is 13.7. The lowest BCUT2D eigenvalue weighted by Gasteiger charge is -2.19. The molecule has 0 aliphatic carbocycles. The molecule has 0 spiro atoms. The topological polar surface area (TPSA) is 39.3 Å². The molecule has 0 radical (unpaired) electrons. The molecule has 4 nitrogen and oxygen atoms in total. The summed E-state index contributed by atoms with van der Waals surface area (Å²) in [6.07, 6.45) is 0.458. The number of aromatic nitrogens is 1. The molecular weight excluding hydrogens is 262 g/mol. The first kappa shape index (κ1) is 15.6. The Morgan fingerprint density at radius 1 is 1.14 bits per heavy atom. The Kier molecular flexibility index (Phi) is 4.68. The molecule has 0 atom stereocenters. The molecule has 0 bridgehead atoms. The third-order valence-corrected chi connectivity index (χ3v) is 3.91. The lowest BCUT2D eigenvalue weighted by Crippen LogP contribution is -2.34. The summed E-state index contributed by atoms with van der Waals surface area (Å²) in [5, 5.41) is 1.17. The summed E-state index contributed by atoms with van der Waals surface area (Å²) in [7, 11) is 5.91. The van der Waals surface area contributed by atoms with Crippen molar-refractivity contribution < 1.29 is 4.79 Å². The standard InChI is InChI=1S/C17H25N3O/c1-12-6-7-16-15(10-12)14(13(2)18-16)11-17(21)20(5)9-8-19(3)4/h6-7,10,18H,8-9,11H2,1-5H3. The number of H-pyrrole nitrogens is 1. The summed E-state index contributed by atoms with van der Waals surface area (Å²) < 4.78 is 0. The summed E-state index contributed by atoms with van der Waals surface area (Å²) >= 11 is 0. The number of hydrogen-bond acceptors (Lipinski definition) is 2. The minimum Gasteiger partial charge on any atom is -0.358 e. The minimum atomic E-state index is 0.169. The quantitative estimate of drug-likeness (QED) is 0.917. The van der Waals surface area contributed by atoms with Gasteiger partial charge in [-0.2, -0.15) is 0 Å². The van der Waals surface area contributed by atoms with Gasteiger partial charge >= 0.3 is 0 Å². The lowest BCUT2D eigenvalue weighted by molar-refractivity contribution is -0.129. The summed E-state index contributed by atoms with van der Waals surface area (Å²) in [6.45, 7) is 5.76. The Labute approximate surface area is 126 Å². The number of carbonyl (C=O) groups is 1. The van der Waals surface area contributed by atoms with Crippen molar-refractivity contribution in [1.82, 2.24) is 14.8 Å². The Morgan fingerprint density at radius 2 is 1.86 bits per heavy atom. The number of nitrogens with zero attached hydrogens (tertiary/aromatic N) is 2. The molecule has 1 amide bonds. The number of rotatable bonds is 5. The van der Waals surface area contributed by atoms with Crippen LogP contribution in [0.1, 0.15) is 16.8 Å². The molecule has 0 aliphatic heterocycles. The molecule has 0 saturated carbocycles. The zero-order chi connectivity index (χ0) is 15.6. The number of carbonyl (C=O) groups excluding carboxylic acids is 1. The van der Waals surface area contributed by atoms with Crippen LogP contribution in [0.15, 0.2) is 18.2 Å². The molecule has 0 saturated heterocycles. The fourth-order valence-corrected chi connectivity index (χ4v) is 2.48. The van der Waals surface area contributed by atoms with Gasteiger partial charge in [-0.3, -0.25) is 4.79 Å². The third kappa shape index (κ3) is 3.64. The Morgan fingerprint density at radius 3 is 2.52 bits per heavy atom. The highest BCUT2D eigenvalue weighted by Crippen LogP contribution is 2.24. The van der Waals surface area contributed by atoms with E-state index < -0.39 is 0 Å². The van der Waals surface area contributed by atoms with Crippen LogP contribution in [0.3, 0.4) is 0 Å². The summed E-state index contributed by atoms with van der Waals surface area (Å²) in [5.41, 5.74) is 4.54. The van der Waals surface area contributed by atoms with E-state index in [1.165, 1.54) is 10.9 Å². The summed E-state index contributed by atoms with van der Waals surface area (Å²) in [5.74, 6) is 0.169. The zero-order valence-electron chi connectivity index (χ0n) is 13.7. The van der Waals surface area contributed by atoms with Crippen LogP contribution in [-0.4, -0.2) is 54.9 Å². The van der Waals surface area contributed by atoms with E-state index in [0.717, 1.165) is 29.9 Å². The van der Waals surface area contributed by atoms with Gasteiger partial charge in [0.05, 0.1) is 6.42 Å². The number of hydrogen-bond donors (Lipinski definition) is 1. The second-order valence-corrected chi connectivity index (χ2v) is 6.07. The van der Waals surface area contributed by atoms with E-state index in [0.29, 0.717) is 6.42 Å². The molecule has 2 rings (SSSR count). The second-order valence-electron chi connectivity index (χ2n) is 6.07. The molecule has 21 heavy (non-hydrogen) atoms. The maximum absolute atomic E-state index is 12.4. The molecular formula is C17H25N3O. The molecule has 1 N–H and O–H groups in total. The fraction of sp³-hybridized carbons (Fsp3) is 0.471. The maximum Gasteiger partial charge on any atom is 0.226 e. The van der Waals surface area contributed by atoms with Crippen LogP contribution < -0.4 is 0 Å². The van der Waals surface area contributed by atoms with Crippen molar-refractivity contribution in [3.8, 4) is 0 Å². The lowest BCUT2D eigenvalue weighted by atomic mass is 10.1. The molecule has 0 fully saturated rings. The number of nitrogens with one attached hydrogen (secondary N) is 1. The second kappa shape index (κ2) is 6.31. The van der Waals surface area contributed by atoms with Crippen molar-refractivity contribution in [2.24, 2.45) is 0 Å². The van der Waals surface area contributed by atoms with Gasteiger partial charge in [0.2, 0.25) is 5.91 Å². The van der Waals surface area contributed by atoms with Crippen LogP contribution in [0.5, 0.6) is 0 Å². The monoisotopic (exact) mass is 287 g/mol. The van der Waals surface area contributed by atoms with Crippen molar-refractivity contribution in [3.63, 3.8) is 0 Å². The van der Waals surface area contributed by atoms with Gasteiger partial charge in [-0.15, -0.1) is 0 Å². The van der Waals surface area contributed by atoms with Crippen molar-refractivity contribution in [2.45, 2.75) is 20.3 Å². The Bertz CT molecular complexity index is 643. The van der Waals surface area contributed by atoms with Crippen LogP contribution in [0.25, 0.3) is 10.9 Å². The molecule has 2 aromatic rings. The van der Waals surface area contributed by atoms with Gasteiger partial charge in [0.15, 0.2) is 0 Å². The molecule has 0 unspecified atom stereocenters. The normalized spacial score (nSPS) is 11.3. The predicted molar refractivity (Wildman–Crippen MR) is 87.7 cm³/mol. The SMILES string of the molecule is Cc1ccc2[nH]c(C)c(CC(=O)N(C)CCN(C)C)c2c1. The first-order valence-electron chi connectivity index (χ1n) is 7.35. The molecule has 4 heteroatoms. The van der Waals surface area contributed by atoms with E-state index in [4.69, 9.17) is 0 Å². The van der Waals surface area contributed by atoms with Gasteiger partial charge in [-0.25, -0.2) is 0 Å². The Balaban J connectivity index is 2.17. The largest absolute Gasteiger partial charge is 0.358 e. The molecule has 1 aromatic heterocycles. The van der Waals surface area contributed by atoms with E-state index in [-0.39, 0.29) is 5.91 Å². The minimum absolute atomic E-state index is 0.169. The van der Waals surface area contributed by atoms with Crippen molar-refractivity contribution in [1.29, 1.82) is 0 Å². The van der Waals surface area contributed by atoms with Gasteiger partial charge < -0.3 is 14.8 Å². The summed E-state index contributed by atoms with van der Waals surface area (Å²) in [6, 6.07) is 6.33. The first-order valence-corrected chi connectivity index (χ1v) is 7.35. The average molecular weight is 287 g/mol. The fourth-order valence-electron chi connectivity index (χ4n) is 2.48. The number of benzene rings is 1. The van der Waals surface area contributed by atoms with Crippen molar-refractivity contribution in [3.05, 3.63) is 35.0 Å². The first-order chi connectivity index (χ1) is 9.88. The highest BCUT2D eigenvalue weighted by Gasteiger charge is 2.15. The van der Waals surface area contributed by atoms with Gasteiger partial charge in [0.1, 0.15) is 0 Å². The average Bonchev–Trinajstić information content (AvgIpc) is 2.72. The Hall–Kier alpha value is -1.81. The number of likely N-dealkylation sites (N-methyl/N-ethyl adjacent to an activating group) is 2.